The average Bonchev–Trinajstić information content (AvgIpc) is 2.26. The summed E-state index contributed by atoms with van der Waals surface area (Å²) in [7, 11) is -9.84. The van der Waals surface area contributed by atoms with E-state index in [0.29, 0.717) is 25.7 Å². The highest BCUT2D eigenvalue weighted by molar-refractivity contribution is 7.47. The van der Waals surface area contributed by atoms with Gasteiger partial charge in [0.1, 0.15) is 25.4 Å². The van der Waals surface area contributed by atoms with Crippen LogP contribution < -0.4 is 0 Å². The van der Waals surface area contributed by atoms with Crippen LogP contribution >= 0.6 is 15.6 Å². The van der Waals surface area contributed by atoms with Gasteiger partial charge in [-0.25, -0.2) is 9.13 Å². The summed E-state index contributed by atoms with van der Waals surface area (Å²) in [5.74, 6) is -1.72. The summed E-state index contributed by atoms with van der Waals surface area (Å²) in [6.07, 6.45) is 91.2. The number of hydrogen-bond donors (Lipinski definition) is 4. The monoisotopic (exact) mass is 1420 g/mol. The third-order valence-corrected chi connectivity index (χ3v) is 16.8. The first-order valence-electron chi connectivity index (χ1n) is 37.4. The van der Waals surface area contributed by atoms with Gasteiger partial charge in [-0.15, -0.1) is 0 Å². The van der Waals surface area contributed by atoms with Crippen molar-refractivity contribution < 1.29 is 75.8 Å². The van der Waals surface area contributed by atoms with E-state index >= 15 is 0 Å². The molecule has 0 rings (SSSR count). The fourth-order valence-corrected chi connectivity index (χ4v) is 10.8. The molecule has 0 saturated heterocycles. The molecule has 0 amide bonds. The first-order chi connectivity index (χ1) is 48.2. The predicted octanol–water partition coefficient (Wildman–Crippen LogP) is 21.6. The molecule has 0 radical (unpaired) electrons. The number of unbranched alkanes of at least 4 members (excludes halogenated alkanes) is 18. The molecular formula is C81H132O16P2. The van der Waals surface area contributed by atoms with E-state index in [-0.39, 0.29) is 19.3 Å². The standard InChI is InChI=1S/C81H132O16P2/c1-4-7-10-13-16-19-22-25-28-31-34-36-37-39-42-43-46-49-52-55-58-61-64-67-79(84)91-70-76(82)71-93-98(87,88)94-72-77(83)73-95-99(89,90)96-75-78(97-81(86)69-66-63-60-57-54-51-48-45-40-33-30-27-24-21-18-15-12-9-6-3)74-92-80(85)68-65-62-59-56-53-50-47-44-41-38-35-32-29-26-23-20-17-14-11-8-5-2/h9,12,16-21,25-30,34-36,38-40,42,44-45,47,51,54,60,63,76-78,82-83H,4-8,10-11,13-15,22-24,31-33,37,41,43,46,48-50,52-53,55-59,61-62,64-75H2,1-3H3,(H,87,88)(H,89,90)/b12-9-,19-16-,20-17-,21-18-,28-25-,29-26-,30-27-,36-34-,38-35-,42-39-,45-40-,47-44-,54-51-,63-60-. The number of rotatable bonds is 69. The van der Waals surface area contributed by atoms with E-state index in [0.717, 1.165) is 154 Å². The highest BCUT2D eigenvalue weighted by Crippen LogP contribution is 2.45. The van der Waals surface area contributed by atoms with Gasteiger partial charge in [0.25, 0.3) is 0 Å². The van der Waals surface area contributed by atoms with Crippen LogP contribution in [-0.2, 0) is 55.8 Å². The van der Waals surface area contributed by atoms with Crippen molar-refractivity contribution in [2.75, 3.05) is 39.6 Å². The Morgan fingerprint density at radius 3 is 0.889 bits per heavy atom. The van der Waals surface area contributed by atoms with Crippen LogP contribution in [0.4, 0.5) is 0 Å². The van der Waals surface area contributed by atoms with Crippen LogP contribution in [0.3, 0.4) is 0 Å². The number of carbonyl (C=O) groups is 3. The molecule has 0 aliphatic carbocycles. The lowest BCUT2D eigenvalue weighted by Gasteiger charge is -2.21. The molecule has 5 atom stereocenters. The summed E-state index contributed by atoms with van der Waals surface area (Å²) in [6, 6.07) is 0. The van der Waals surface area contributed by atoms with E-state index in [4.69, 9.17) is 32.3 Å². The van der Waals surface area contributed by atoms with Crippen LogP contribution in [-0.4, -0.2) is 95.9 Å². The summed E-state index contributed by atoms with van der Waals surface area (Å²) in [4.78, 5) is 58.6. The lowest BCUT2D eigenvalue weighted by Crippen LogP contribution is -2.29. The number of aliphatic hydroxyl groups excluding tert-OH is 2. The van der Waals surface area contributed by atoms with Crippen molar-refractivity contribution >= 4 is 33.6 Å². The molecule has 18 heteroatoms. The van der Waals surface area contributed by atoms with E-state index in [1.165, 1.54) is 44.9 Å². The number of ether oxygens (including phenoxy) is 3. The summed E-state index contributed by atoms with van der Waals surface area (Å²) >= 11 is 0. The molecule has 0 saturated carbocycles. The molecule has 0 aromatic carbocycles. The smallest absolute Gasteiger partial charge is 0.463 e. The van der Waals surface area contributed by atoms with Gasteiger partial charge >= 0.3 is 33.6 Å². The Kier molecular flexibility index (Phi) is 69.0. The van der Waals surface area contributed by atoms with Crippen molar-refractivity contribution in [1.29, 1.82) is 0 Å². The van der Waals surface area contributed by atoms with Crippen LogP contribution in [0.25, 0.3) is 0 Å². The van der Waals surface area contributed by atoms with Gasteiger partial charge in [0.15, 0.2) is 6.10 Å². The Hall–Kier alpha value is -5.09. The van der Waals surface area contributed by atoms with Crippen LogP contribution in [0.5, 0.6) is 0 Å². The second-order valence-corrected chi connectivity index (χ2v) is 27.3. The van der Waals surface area contributed by atoms with Crippen LogP contribution in [0.15, 0.2) is 170 Å². The third kappa shape index (κ3) is 73.9. The number of esters is 3. The second-order valence-electron chi connectivity index (χ2n) is 24.4. The van der Waals surface area contributed by atoms with Crippen molar-refractivity contribution in [3.8, 4) is 0 Å². The topological polar surface area (TPSA) is 231 Å². The first-order valence-corrected chi connectivity index (χ1v) is 40.4. The number of carbonyl (C=O) groups excluding carboxylic acids is 3. The molecule has 16 nitrogen and oxygen atoms in total. The molecule has 0 spiro atoms. The van der Waals surface area contributed by atoms with E-state index in [2.05, 4.69) is 173 Å². The number of aliphatic hydroxyl groups is 2. The summed E-state index contributed by atoms with van der Waals surface area (Å²) in [6.45, 7) is 2.36. The first kappa shape index (κ1) is 93.9. The maximum absolute atomic E-state index is 12.9. The zero-order chi connectivity index (χ0) is 72.3. The van der Waals surface area contributed by atoms with Gasteiger partial charge in [0.05, 0.1) is 26.4 Å². The van der Waals surface area contributed by atoms with Crippen LogP contribution in [0.2, 0.25) is 0 Å². The van der Waals surface area contributed by atoms with Crippen molar-refractivity contribution in [2.24, 2.45) is 0 Å². The fraction of sp³-hybridized carbons (Fsp3) is 0.617. The number of phosphoric ester groups is 2. The molecule has 0 fully saturated rings. The molecule has 0 aromatic rings. The SMILES string of the molecule is CC/C=C\C/C=C\C/C=C\C/C=C\C/C=C\C/C=C\CCC(=O)OC(COC(=O)CCCCCCC/C=C\C/C=C\C/C=C\C/C=C\CCCCC)COP(=O)(O)OCC(O)COP(=O)(O)OCC(O)COC(=O)CCCCCCCCC/C=C\C/C=C\C/C=C\C/C=C\CCCCC. The maximum Gasteiger partial charge on any atom is 0.472 e. The minimum atomic E-state index is -4.96. The molecule has 562 valence electrons. The fourth-order valence-electron chi connectivity index (χ4n) is 9.21. The Morgan fingerprint density at radius 1 is 0.293 bits per heavy atom. The minimum absolute atomic E-state index is 0.0323. The van der Waals surface area contributed by atoms with Gasteiger partial charge in [-0.05, 0) is 148 Å². The van der Waals surface area contributed by atoms with Gasteiger partial charge in [-0.2, -0.15) is 0 Å². The average molecular weight is 1420 g/mol. The Bertz CT molecular complexity index is 2480. The summed E-state index contributed by atoms with van der Waals surface area (Å²) < 4.78 is 61.0. The molecule has 5 unspecified atom stereocenters. The third-order valence-electron chi connectivity index (χ3n) is 14.9. The highest BCUT2D eigenvalue weighted by Gasteiger charge is 2.29. The number of phosphoric acid groups is 2. The maximum atomic E-state index is 12.9. The van der Waals surface area contributed by atoms with Gasteiger partial charge in [-0.3, -0.25) is 32.5 Å². The van der Waals surface area contributed by atoms with Crippen molar-refractivity contribution in [3.63, 3.8) is 0 Å². The zero-order valence-electron chi connectivity index (χ0n) is 61.1. The van der Waals surface area contributed by atoms with Gasteiger partial charge in [0.2, 0.25) is 0 Å². The predicted molar refractivity (Wildman–Crippen MR) is 408 cm³/mol. The Balaban J connectivity index is 4.79. The molecule has 0 heterocycles. The van der Waals surface area contributed by atoms with E-state index < -0.39 is 91.5 Å². The second kappa shape index (κ2) is 72.7. The lowest BCUT2D eigenvalue weighted by molar-refractivity contribution is -0.161. The molecule has 4 N–H and O–H groups in total. The minimum Gasteiger partial charge on any atom is -0.463 e. The normalized spacial score (nSPS) is 15.0. The van der Waals surface area contributed by atoms with Gasteiger partial charge in [-0.1, -0.05) is 268 Å². The van der Waals surface area contributed by atoms with E-state index in [1.54, 1.807) is 0 Å². The molecule has 0 aliphatic rings. The number of allylic oxidation sites excluding steroid dienone is 28. The summed E-state index contributed by atoms with van der Waals surface area (Å²) in [5, 5.41) is 20.6. The molecule has 0 aliphatic heterocycles. The quantitative estimate of drug-likeness (QED) is 0.0146. The van der Waals surface area contributed by atoms with E-state index in [9.17, 15) is 43.5 Å². The zero-order valence-corrected chi connectivity index (χ0v) is 62.9. The Morgan fingerprint density at radius 2 is 0.556 bits per heavy atom. The molecular weight excluding hydrogens is 1290 g/mol. The van der Waals surface area contributed by atoms with Gasteiger partial charge < -0.3 is 34.2 Å². The largest absolute Gasteiger partial charge is 0.472 e. The van der Waals surface area contributed by atoms with Crippen LogP contribution in [0, 0.1) is 0 Å². The van der Waals surface area contributed by atoms with Crippen molar-refractivity contribution in [2.45, 2.75) is 283 Å². The highest BCUT2D eigenvalue weighted by atomic mass is 31.2. The van der Waals surface area contributed by atoms with Gasteiger partial charge in [0, 0.05) is 19.3 Å². The lowest BCUT2D eigenvalue weighted by atomic mass is 10.1. The molecule has 99 heavy (non-hydrogen) atoms. The van der Waals surface area contributed by atoms with Crippen molar-refractivity contribution in [1.82, 2.24) is 0 Å². The molecule has 0 aromatic heterocycles. The van der Waals surface area contributed by atoms with E-state index in [1.807, 2.05) is 18.2 Å². The summed E-state index contributed by atoms with van der Waals surface area (Å²) in [5.41, 5.74) is 0. The van der Waals surface area contributed by atoms with Crippen molar-refractivity contribution in [3.05, 3.63) is 170 Å². The van der Waals surface area contributed by atoms with Crippen LogP contribution in [0.1, 0.15) is 265 Å². The Labute approximate surface area is 599 Å². The molecule has 0 bridgehead atoms. The number of hydrogen-bond acceptors (Lipinski definition) is 14.